The number of carbonyl (C=O) groups is 1. The van der Waals surface area contributed by atoms with Gasteiger partial charge in [0.2, 0.25) is 0 Å². The monoisotopic (exact) mass is 257 g/mol. The topological polar surface area (TPSA) is 56.2 Å². The van der Waals surface area contributed by atoms with Gasteiger partial charge in [0, 0.05) is 45.8 Å². The molecular weight excluding hydrogens is 234 g/mol. The number of likely N-dealkylation sites (N-methyl/N-ethyl adjacent to an activating group) is 1. The molecule has 6 nitrogen and oxygen atoms in total. The maximum absolute atomic E-state index is 11.1. The van der Waals surface area contributed by atoms with Crippen LogP contribution in [-0.4, -0.2) is 97.9 Å². The Labute approximate surface area is 108 Å². The van der Waals surface area contributed by atoms with Gasteiger partial charge >= 0.3 is 5.97 Å². The number of carboxylic acids is 1. The summed E-state index contributed by atoms with van der Waals surface area (Å²) >= 11 is 0. The van der Waals surface area contributed by atoms with Crippen molar-refractivity contribution in [1.82, 2.24) is 14.7 Å². The summed E-state index contributed by atoms with van der Waals surface area (Å²) in [7, 11) is 2.14. The second-order valence-electron chi connectivity index (χ2n) is 5.11. The van der Waals surface area contributed by atoms with Crippen LogP contribution < -0.4 is 0 Å². The highest BCUT2D eigenvalue weighted by Gasteiger charge is 2.29. The highest BCUT2D eigenvalue weighted by Crippen LogP contribution is 2.08. The summed E-state index contributed by atoms with van der Waals surface area (Å²) in [5.41, 5.74) is 0. The molecule has 0 aliphatic carbocycles. The van der Waals surface area contributed by atoms with E-state index in [0.29, 0.717) is 13.2 Å². The molecule has 0 aromatic rings. The van der Waals surface area contributed by atoms with Crippen LogP contribution in [0.5, 0.6) is 0 Å². The van der Waals surface area contributed by atoms with Crippen LogP contribution in [0.4, 0.5) is 0 Å². The maximum atomic E-state index is 11.1. The average Bonchev–Trinajstić information content (AvgIpc) is 2.38. The molecule has 0 spiro atoms. The minimum absolute atomic E-state index is 0.318. The van der Waals surface area contributed by atoms with Crippen molar-refractivity contribution < 1.29 is 14.6 Å². The molecular formula is C12H23N3O3. The van der Waals surface area contributed by atoms with Crippen molar-refractivity contribution >= 4 is 5.97 Å². The molecule has 1 atom stereocenters. The lowest BCUT2D eigenvalue weighted by Gasteiger charge is -2.36. The Bertz CT molecular complexity index is 280. The van der Waals surface area contributed by atoms with Gasteiger partial charge in [-0.05, 0) is 7.05 Å². The van der Waals surface area contributed by atoms with Crippen molar-refractivity contribution in [3.63, 3.8) is 0 Å². The van der Waals surface area contributed by atoms with E-state index >= 15 is 0 Å². The Hall–Kier alpha value is -0.690. The Kier molecular flexibility index (Phi) is 4.94. The third kappa shape index (κ3) is 3.65. The molecule has 2 heterocycles. The normalized spacial score (nSPS) is 28.4. The van der Waals surface area contributed by atoms with Crippen LogP contribution in [0.1, 0.15) is 0 Å². The summed E-state index contributed by atoms with van der Waals surface area (Å²) in [6.07, 6.45) is 0. The van der Waals surface area contributed by atoms with Gasteiger partial charge in [0.25, 0.3) is 0 Å². The highest BCUT2D eigenvalue weighted by atomic mass is 16.5. The molecule has 1 N–H and O–H groups in total. The molecule has 2 rings (SSSR count). The quantitative estimate of drug-likeness (QED) is 0.698. The van der Waals surface area contributed by atoms with Crippen molar-refractivity contribution in [2.45, 2.75) is 6.04 Å². The largest absolute Gasteiger partial charge is 0.480 e. The van der Waals surface area contributed by atoms with Gasteiger partial charge in [-0.25, -0.2) is 0 Å². The summed E-state index contributed by atoms with van der Waals surface area (Å²) in [6.45, 7) is 7.84. The van der Waals surface area contributed by atoms with Crippen molar-refractivity contribution in [2.24, 2.45) is 0 Å². The van der Waals surface area contributed by atoms with Crippen LogP contribution in [0.3, 0.4) is 0 Å². The molecule has 2 fully saturated rings. The first kappa shape index (κ1) is 13.7. The van der Waals surface area contributed by atoms with Crippen molar-refractivity contribution in [3.05, 3.63) is 0 Å². The fraction of sp³-hybridized carbons (Fsp3) is 0.917. The first-order chi connectivity index (χ1) is 8.66. The highest BCUT2D eigenvalue weighted by molar-refractivity contribution is 5.73. The predicted octanol–water partition coefficient (Wildman–Crippen LogP) is -0.981. The van der Waals surface area contributed by atoms with E-state index in [0.717, 1.165) is 45.8 Å². The van der Waals surface area contributed by atoms with E-state index in [2.05, 4.69) is 16.8 Å². The van der Waals surface area contributed by atoms with Crippen LogP contribution in [0, 0.1) is 0 Å². The number of ether oxygens (including phenoxy) is 1. The van der Waals surface area contributed by atoms with Crippen LogP contribution >= 0.6 is 0 Å². The number of aliphatic carboxylic acids is 1. The van der Waals surface area contributed by atoms with Crippen LogP contribution in [0.15, 0.2) is 0 Å². The Morgan fingerprint density at radius 2 is 1.94 bits per heavy atom. The minimum Gasteiger partial charge on any atom is -0.480 e. The van der Waals surface area contributed by atoms with E-state index in [1.165, 1.54) is 0 Å². The second kappa shape index (κ2) is 6.47. The summed E-state index contributed by atoms with van der Waals surface area (Å²) in [6, 6.07) is -0.466. The Balaban J connectivity index is 1.75. The standard InChI is InChI=1S/C12H23N3O3/c1-13-2-4-14(5-3-13)6-7-15-8-9-18-10-11(15)12(16)17/h11H,2-10H2,1H3,(H,16,17). The molecule has 0 aromatic heterocycles. The predicted molar refractivity (Wildman–Crippen MR) is 67.8 cm³/mol. The molecule has 0 bridgehead atoms. The van der Waals surface area contributed by atoms with E-state index in [1.807, 2.05) is 4.90 Å². The third-order valence-electron chi connectivity index (χ3n) is 3.82. The van der Waals surface area contributed by atoms with Gasteiger partial charge in [0.15, 0.2) is 0 Å². The number of carboxylic acid groups (broad SMARTS) is 1. The first-order valence-corrected chi connectivity index (χ1v) is 6.62. The molecule has 2 aliphatic rings. The SMILES string of the molecule is CN1CCN(CCN2CCOCC2C(=O)O)CC1. The van der Waals surface area contributed by atoms with Gasteiger partial charge in [-0.2, -0.15) is 0 Å². The fourth-order valence-corrected chi connectivity index (χ4v) is 2.47. The second-order valence-corrected chi connectivity index (χ2v) is 5.11. The van der Waals surface area contributed by atoms with Gasteiger partial charge in [0.1, 0.15) is 6.04 Å². The van der Waals surface area contributed by atoms with E-state index < -0.39 is 12.0 Å². The Morgan fingerprint density at radius 3 is 2.61 bits per heavy atom. The Morgan fingerprint density at radius 1 is 1.22 bits per heavy atom. The minimum atomic E-state index is -0.770. The molecule has 18 heavy (non-hydrogen) atoms. The number of morpholine rings is 1. The molecule has 0 radical (unpaired) electrons. The number of nitrogens with zero attached hydrogens (tertiary/aromatic N) is 3. The number of hydrogen-bond donors (Lipinski definition) is 1. The van der Waals surface area contributed by atoms with E-state index in [9.17, 15) is 4.79 Å². The van der Waals surface area contributed by atoms with Crippen molar-refractivity contribution in [2.75, 3.05) is 66.1 Å². The van der Waals surface area contributed by atoms with Crippen molar-refractivity contribution in [1.29, 1.82) is 0 Å². The number of piperazine rings is 1. The zero-order chi connectivity index (χ0) is 13.0. The van der Waals surface area contributed by atoms with Gasteiger partial charge in [-0.3, -0.25) is 14.6 Å². The molecule has 6 heteroatoms. The molecule has 0 saturated carbocycles. The fourth-order valence-electron chi connectivity index (χ4n) is 2.47. The van der Waals surface area contributed by atoms with Crippen LogP contribution in [0.25, 0.3) is 0 Å². The number of hydrogen-bond acceptors (Lipinski definition) is 5. The van der Waals surface area contributed by atoms with E-state index in [-0.39, 0.29) is 0 Å². The third-order valence-corrected chi connectivity index (χ3v) is 3.82. The van der Waals surface area contributed by atoms with E-state index in [4.69, 9.17) is 9.84 Å². The average molecular weight is 257 g/mol. The lowest BCUT2D eigenvalue weighted by molar-refractivity contribution is -0.149. The zero-order valence-corrected chi connectivity index (χ0v) is 11.0. The van der Waals surface area contributed by atoms with E-state index in [1.54, 1.807) is 0 Å². The van der Waals surface area contributed by atoms with Gasteiger partial charge < -0.3 is 14.7 Å². The number of rotatable bonds is 4. The molecule has 2 saturated heterocycles. The zero-order valence-electron chi connectivity index (χ0n) is 11.0. The molecule has 0 amide bonds. The lowest BCUT2D eigenvalue weighted by atomic mass is 10.2. The summed E-state index contributed by atoms with van der Waals surface area (Å²) in [4.78, 5) is 17.9. The van der Waals surface area contributed by atoms with Gasteiger partial charge in [-0.1, -0.05) is 0 Å². The summed E-state index contributed by atoms with van der Waals surface area (Å²) in [5, 5.41) is 9.14. The lowest BCUT2D eigenvalue weighted by Crippen LogP contribution is -2.53. The molecule has 104 valence electrons. The summed E-state index contributed by atoms with van der Waals surface area (Å²) in [5.74, 6) is -0.770. The molecule has 0 aromatic carbocycles. The van der Waals surface area contributed by atoms with Crippen LogP contribution in [-0.2, 0) is 9.53 Å². The van der Waals surface area contributed by atoms with Gasteiger partial charge in [-0.15, -0.1) is 0 Å². The molecule has 1 unspecified atom stereocenters. The maximum Gasteiger partial charge on any atom is 0.323 e. The van der Waals surface area contributed by atoms with Crippen molar-refractivity contribution in [3.8, 4) is 0 Å². The van der Waals surface area contributed by atoms with Gasteiger partial charge in [0.05, 0.1) is 13.2 Å². The first-order valence-electron chi connectivity index (χ1n) is 6.62. The van der Waals surface area contributed by atoms with Crippen LogP contribution in [0.2, 0.25) is 0 Å². The molecule has 2 aliphatic heterocycles. The smallest absolute Gasteiger partial charge is 0.323 e. The summed E-state index contributed by atoms with van der Waals surface area (Å²) < 4.78 is 5.24.